The lowest BCUT2D eigenvalue weighted by Gasteiger charge is -2.29. The molecule has 0 aromatic heterocycles. The number of hydrogen-bond donors (Lipinski definition) is 0. The van der Waals surface area contributed by atoms with Gasteiger partial charge in [0.15, 0.2) is 0 Å². The van der Waals surface area contributed by atoms with Gasteiger partial charge in [0.1, 0.15) is 5.75 Å². The zero-order valence-corrected chi connectivity index (χ0v) is 13.2. The highest BCUT2D eigenvalue weighted by Crippen LogP contribution is 2.47. The topological polar surface area (TPSA) is 78.7 Å². The van der Waals surface area contributed by atoms with Crippen LogP contribution in [0.5, 0.6) is 5.75 Å². The molecule has 0 N–H and O–H groups in total. The van der Waals surface area contributed by atoms with Crippen molar-refractivity contribution >= 4 is 13.3 Å². The average Bonchev–Trinajstić information content (AvgIpc) is 2.27. The molecule has 0 bridgehead atoms. The highest BCUT2D eigenvalue weighted by molar-refractivity contribution is 7.53. The van der Waals surface area contributed by atoms with E-state index in [1.165, 1.54) is 30.9 Å². The fourth-order valence-corrected chi connectivity index (χ4v) is 2.73. The average molecular weight is 301 g/mol. The maximum absolute atomic E-state index is 12.3. The third-order valence-corrected chi connectivity index (χ3v) is 4.13. The molecule has 0 aliphatic heterocycles. The van der Waals surface area contributed by atoms with Gasteiger partial charge < -0.3 is 4.52 Å². The Kier molecular flexibility index (Phi) is 4.95. The molecule has 0 spiro atoms. The van der Waals surface area contributed by atoms with Gasteiger partial charge in [-0.15, -0.1) is 0 Å². The monoisotopic (exact) mass is 301 g/mol. The molecule has 7 heteroatoms. The van der Waals surface area contributed by atoms with Gasteiger partial charge >= 0.3 is 7.60 Å². The van der Waals surface area contributed by atoms with E-state index in [4.69, 9.17) is 9.05 Å². The van der Waals surface area contributed by atoms with E-state index in [-0.39, 0.29) is 23.0 Å². The summed E-state index contributed by atoms with van der Waals surface area (Å²) in [7, 11) is -3.28. The van der Waals surface area contributed by atoms with Crippen LogP contribution in [-0.4, -0.2) is 17.7 Å². The molecule has 2 atom stereocenters. The van der Waals surface area contributed by atoms with Gasteiger partial charge in [0.05, 0.1) is 11.0 Å². The first-order valence-corrected chi connectivity index (χ1v) is 8.20. The highest BCUT2D eigenvalue weighted by Gasteiger charge is 2.29. The first-order chi connectivity index (χ1) is 9.01. The van der Waals surface area contributed by atoms with E-state index in [0.717, 1.165) is 0 Å². The Morgan fingerprint density at radius 2 is 1.75 bits per heavy atom. The molecule has 1 aromatic carbocycles. The van der Waals surface area contributed by atoms with Crippen LogP contribution < -0.4 is 4.52 Å². The number of rotatable bonds is 5. The lowest BCUT2D eigenvalue weighted by molar-refractivity contribution is -0.384. The Morgan fingerprint density at radius 1 is 1.25 bits per heavy atom. The molecule has 1 aromatic rings. The van der Waals surface area contributed by atoms with Gasteiger partial charge in [0, 0.05) is 18.8 Å². The summed E-state index contributed by atoms with van der Waals surface area (Å²) in [6.07, 6.45) is -0.253. The van der Waals surface area contributed by atoms with Crippen LogP contribution in [0.15, 0.2) is 24.3 Å². The fraction of sp³-hybridized carbons (Fsp3) is 0.538. The predicted octanol–water partition coefficient (Wildman–Crippen LogP) is 4.25. The van der Waals surface area contributed by atoms with E-state index in [0.29, 0.717) is 0 Å². The second-order valence-corrected chi connectivity index (χ2v) is 7.66. The molecule has 20 heavy (non-hydrogen) atoms. The quantitative estimate of drug-likeness (QED) is 0.461. The predicted molar refractivity (Wildman–Crippen MR) is 77.3 cm³/mol. The van der Waals surface area contributed by atoms with E-state index < -0.39 is 12.5 Å². The molecule has 112 valence electrons. The summed E-state index contributed by atoms with van der Waals surface area (Å²) in [6.45, 7) is 9.14. The van der Waals surface area contributed by atoms with Crippen molar-refractivity contribution in [1.29, 1.82) is 0 Å². The van der Waals surface area contributed by atoms with Crippen LogP contribution in [0.4, 0.5) is 5.69 Å². The van der Waals surface area contributed by atoms with Crippen molar-refractivity contribution in [2.45, 2.75) is 33.8 Å². The van der Waals surface area contributed by atoms with E-state index >= 15 is 0 Å². The van der Waals surface area contributed by atoms with Crippen LogP contribution in [0.25, 0.3) is 0 Å². The molecule has 0 saturated carbocycles. The molecule has 0 aliphatic rings. The minimum absolute atomic E-state index is 0.0488. The molecule has 0 saturated heterocycles. The number of hydrogen-bond acceptors (Lipinski definition) is 5. The number of nitrogens with zero attached hydrogens (tertiary/aromatic N) is 1. The Balaban J connectivity index is 2.76. The maximum Gasteiger partial charge on any atom is 0.376 e. The fourth-order valence-electron chi connectivity index (χ4n) is 1.29. The largest absolute Gasteiger partial charge is 0.425 e. The summed E-state index contributed by atoms with van der Waals surface area (Å²) < 4.78 is 23.1. The van der Waals surface area contributed by atoms with E-state index in [9.17, 15) is 14.7 Å². The molecular weight excluding hydrogens is 281 g/mol. The van der Waals surface area contributed by atoms with E-state index in [1.54, 1.807) is 0 Å². The molecular formula is C13H20NO5P. The van der Waals surface area contributed by atoms with Gasteiger partial charge in [-0.1, -0.05) is 20.8 Å². The van der Waals surface area contributed by atoms with Gasteiger partial charge in [-0.05, 0) is 24.5 Å². The van der Waals surface area contributed by atoms with Crippen molar-refractivity contribution < 1.29 is 18.5 Å². The normalized spacial score (nSPS) is 16.2. The highest BCUT2D eigenvalue weighted by atomic mass is 31.2. The van der Waals surface area contributed by atoms with Crippen LogP contribution in [0.1, 0.15) is 27.7 Å². The van der Waals surface area contributed by atoms with Crippen molar-refractivity contribution in [2.24, 2.45) is 5.41 Å². The van der Waals surface area contributed by atoms with E-state index in [1.807, 2.05) is 27.7 Å². The second kappa shape index (κ2) is 5.94. The number of non-ortho nitro benzene ring substituents is 1. The zero-order valence-electron chi connectivity index (χ0n) is 12.3. The summed E-state index contributed by atoms with van der Waals surface area (Å²) in [5.41, 5.74) is -0.211. The third kappa shape index (κ3) is 4.94. The first-order valence-electron chi connectivity index (χ1n) is 6.21. The van der Waals surface area contributed by atoms with Gasteiger partial charge in [-0.3, -0.25) is 14.6 Å². The summed E-state index contributed by atoms with van der Waals surface area (Å²) in [5, 5.41) is 10.5. The summed E-state index contributed by atoms with van der Waals surface area (Å²) >= 11 is 0. The zero-order chi connectivity index (χ0) is 15.6. The molecule has 0 heterocycles. The lowest BCUT2D eigenvalue weighted by Crippen LogP contribution is -2.25. The van der Waals surface area contributed by atoms with Crippen LogP contribution >= 0.6 is 7.60 Å². The molecule has 2 unspecified atom stereocenters. The molecule has 0 fully saturated rings. The Hall–Kier alpha value is -1.39. The summed E-state index contributed by atoms with van der Waals surface area (Å²) in [4.78, 5) is 10.0. The van der Waals surface area contributed by atoms with Crippen molar-refractivity contribution in [3.05, 3.63) is 34.4 Å². The van der Waals surface area contributed by atoms with Crippen LogP contribution in [0.3, 0.4) is 0 Å². The number of nitro groups is 1. The van der Waals surface area contributed by atoms with Gasteiger partial charge in [-0.25, -0.2) is 4.57 Å². The number of nitro benzene ring substituents is 1. The Labute approximate surface area is 118 Å². The van der Waals surface area contributed by atoms with Gasteiger partial charge in [-0.2, -0.15) is 0 Å². The second-order valence-electron chi connectivity index (χ2n) is 5.73. The SMILES string of the molecule is CC(OP(C)(=O)Oc1ccc([N+](=O)[O-])cc1)C(C)(C)C. The third-order valence-electron chi connectivity index (χ3n) is 2.89. The Morgan fingerprint density at radius 3 is 2.15 bits per heavy atom. The van der Waals surface area contributed by atoms with Crippen LogP contribution in [0.2, 0.25) is 0 Å². The van der Waals surface area contributed by atoms with Crippen LogP contribution in [0, 0.1) is 15.5 Å². The van der Waals surface area contributed by atoms with Crippen LogP contribution in [-0.2, 0) is 9.09 Å². The smallest absolute Gasteiger partial charge is 0.376 e. The minimum atomic E-state index is -3.28. The van der Waals surface area contributed by atoms with Crippen molar-refractivity contribution in [3.63, 3.8) is 0 Å². The number of benzene rings is 1. The molecule has 0 aliphatic carbocycles. The molecule has 0 amide bonds. The standard InChI is InChI=1S/C13H20NO5P/c1-10(13(2,3)4)18-20(5,17)19-12-8-6-11(7-9-12)14(15)16/h6-10H,1-5H3. The van der Waals surface area contributed by atoms with Crippen molar-refractivity contribution in [1.82, 2.24) is 0 Å². The molecule has 1 rings (SSSR count). The van der Waals surface area contributed by atoms with Gasteiger partial charge in [0.2, 0.25) is 0 Å². The molecule has 6 nitrogen and oxygen atoms in total. The Bertz CT molecular complexity index is 521. The molecule has 0 radical (unpaired) electrons. The minimum Gasteiger partial charge on any atom is -0.425 e. The summed E-state index contributed by atoms with van der Waals surface area (Å²) in [5.74, 6) is 0.280. The maximum atomic E-state index is 12.3. The van der Waals surface area contributed by atoms with E-state index in [2.05, 4.69) is 0 Å². The lowest BCUT2D eigenvalue weighted by atomic mass is 9.91. The van der Waals surface area contributed by atoms with Crippen molar-refractivity contribution in [2.75, 3.05) is 6.66 Å². The first kappa shape index (κ1) is 16.7. The summed E-state index contributed by atoms with van der Waals surface area (Å²) in [6, 6.07) is 5.39. The van der Waals surface area contributed by atoms with Crippen molar-refractivity contribution in [3.8, 4) is 5.75 Å². The van der Waals surface area contributed by atoms with Gasteiger partial charge in [0.25, 0.3) is 5.69 Å².